The standard InChI is InChI=1S/C24H18N2O4/c1-13-10-17-18(11-14(13)2)30-23-20(22(17)28)21(15-6-5-7-16(27)12-15)26(24(23)29)19-8-3-4-9-25-19/h3-12,21,27H,1-2H3/t21-/m1/s1. The molecule has 0 spiro atoms. The Morgan fingerprint density at radius 1 is 1.00 bits per heavy atom. The van der Waals surface area contributed by atoms with Gasteiger partial charge in [-0.3, -0.25) is 14.5 Å². The molecule has 0 saturated heterocycles. The van der Waals surface area contributed by atoms with Gasteiger partial charge in [-0.05, 0) is 66.9 Å². The number of hydrogen-bond acceptors (Lipinski definition) is 5. The molecule has 0 radical (unpaired) electrons. The van der Waals surface area contributed by atoms with E-state index in [0.29, 0.717) is 22.4 Å². The molecule has 0 unspecified atom stereocenters. The van der Waals surface area contributed by atoms with Crippen LogP contribution in [-0.2, 0) is 0 Å². The summed E-state index contributed by atoms with van der Waals surface area (Å²) in [5.41, 5.74) is 2.93. The van der Waals surface area contributed by atoms with Crippen molar-refractivity contribution in [1.82, 2.24) is 4.98 Å². The SMILES string of the molecule is Cc1cc2oc3c(c(=O)c2cc1C)[C@@H](c1cccc(O)c1)N(c1ccccn1)C3=O. The molecule has 148 valence electrons. The predicted octanol–water partition coefficient (Wildman–Crippen LogP) is 4.26. The Labute approximate surface area is 172 Å². The normalized spacial score (nSPS) is 15.6. The van der Waals surface area contributed by atoms with Crippen molar-refractivity contribution in [2.45, 2.75) is 19.9 Å². The molecule has 1 aliphatic heterocycles. The van der Waals surface area contributed by atoms with Crippen molar-refractivity contribution in [3.05, 3.63) is 99.0 Å². The molecule has 30 heavy (non-hydrogen) atoms. The van der Waals surface area contributed by atoms with Gasteiger partial charge < -0.3 is 9.52 Å². The number of aryl methyl sites for hydroxylation is 2. The molecule has 6 nitrogen and oxygen atoms in total. The number of carbonyl (C=O) groups excluding carboxylic acids is 1. The Kier molecular flexibility index (Phi) is 3.96. The second kappa shape index (κ2) is 6.56. The van der Waals surface area contributed by atoms with E-state index in [4.69, 9.17) is 4.42 Å². The molecular formula is C24H18N2O4. The van der Waals surface area contributed by atoms with Crippen molar-refractivity contribution < 1.29 is 14.3 Å². The van der Waals surface area contributed by atoms with E-state index in [-0.39, 0.29) is 22.5 Å². The highest BCUT2D eigenvalue weighted by molar-refractivity contribution is 6.10. The van der Waals surface area contributed by atoms with Crippen LogP contribution in [0.2, 0.25) is 0 Å². The quantitative estimate of drug-likeness (QED) is 0.545. The van der Waals surface area contributed by atoms with Crippen molar-refractivity contribution in [1.29, 1.82) is 0 Å². The van der Waals surface area contributed by atoms with Gasteiger partial charge in [0.1, 0.15) is 17.2 Å². The highest BCUT2D eigenvalue weighted by Crippen LogP contribution is 2.41. The minimum atomic E-state index is -0.753. The van der Waals surface area contributed by atoms with Gasteiger partial charge in [-0.25, -0.2) is 4.98 Å². The fourth-order valence-electron chi connectivity index (χ4n) is 3.97. The maximum atomic E-state index is 13.6. The third-order valence-corrected chi connectivity index (χ3v) is 5.57. The van der Waals surface area contributed by atoms with Crippen LogP contribution in [0.5, 0.6) is 5.75 Å². The summed E-state index contributed by atoms with van der Waals surface area (Å²) in [6, 6.07) is 14.6. The topological polar surface area (TPSA) is 83.6 Å². The van der Waals surface area contributed by atoms with E-state index in [2.05, 4.69) is 4.98 Å². The van der Waals surface area contributed by atoms with Crippen molar-refractivity contribution in [2.75, 3.05) is 4.90 Å². The predicted molar refractivity (Wildman–Crippen MR) is 113 cm³/mol. The van der Waals surface area contributed by atoms with E-state index >= 15 is 0 Å². The zero-order chi connectivity index (χ0) is 21.0. The summed E-state index contributed by atoms with van der Waals surface area (Å²) in [5.74, 6) is 0.0214. The van der Waals surface area contributed by atoms with Gasteiger partial charge in [0.15, 0.2) is 5.43 Å². The number of hydrogen-bond donors (Lipinski definition) is 1. The Hall–Kier alpha value is -3.93. The fourth-order valence-corrected chi connectivity index (χ4v) is 3.97. The van der Waals surface area contributed by atoms with Crippen LogP contribution >= 0.6 is 0 Å². The number of pyridine rings is 1. The minimum Gasteiger partial charge on any atom is -0.508 e. The first-order valence-electron chi connectivity index (χ1n) is 9.57. The number of nitrogens with zero attached hydrogens (tertiary/aromatic N) is 2. The van der Waals surface area contributed by atoms with Crippen molar-refractivity contribution >= 4 is 22.7 Å². The summed E-state index contributed by atoms with van der Waals surface area (Å²) in [5, 5.41) is 10.5. The molecule has 2 aromatic carbocycles. The zero-order valence-electron chi connectivity index (χ0n) is 16.4. The first kappa shape index (κ1) is 18.1. The van der Waals surface area contributed by atoms with E-state index in [1.807, 2.05) is 13.8 Å². The first-order valence-corrected chi connectivity index (χ1v) is 9.57. The number of phenolic OH excluding ortho intramolecular Hbond substituents is 1. The molecule has 1 atom stereocenters. The number of phenols is 1. The van der Waals surface area contributed by atoms with Crippen LogP contribution in [-0.4, -0.2) is 16.0 Å². The van der Waals surface area contributed by atoms with E-state index < -0.39 is 11.9 Å². The highest BCUT2D eigenvalue weighted by atomic mass is 16.3. The minimum absolute atomic E-state index is 0.00903. The van der Waals surface area contributed by atoms with Gasteiger partial charge in [-0.2, -0.15) is 0 Å². The number of anilines is 1. The van der Waals surface area contributed by atoms with Crippen LogP contribution in [0.3, 0.4) is 0 Å². The zero-order valence-corrected chi connectivity index (χ0v) is 16.4. The van der Waals surface area contributed by atoms with Crippen LogP contribution in [0.15, 0.2) is 70.0 Å². The number of amides is 1. The number of aromatic nitrogens is 1. The molecule has 1 N–H and O–H groups in total. The van der Waals surface area contributed by atoms with Crippen molar-refractivity contribution in [3.63, 3.8) is 0 Å². The van der Waals surface area contributed by atoms with Gasteiger partial charge >= 0.3 is 0 Å². The average Bonchev–Trinajstić information content (AvgIpc) is 3.03. The number of aromatic hydroxyl groups is 1. The van der Waals surface area contributed by atoms with E-state index in [9.17, 15) is 14.7 Å². The van der Waals surface area contributed by atoms with Crippen LogP contribution in [0.4, 0.5) is 5.82 Å². The lowest BCUT2D eigenvalue weighted by Gasteiger charge is -2.24. The van der Waals surface area contributed by atoms with Gasteiger partial charge in [-0.15, -0.1) is 0 Å². The molecule has 3 heterocycles. The molecule has 1 amide bonds. The molecule has 0 aliphatic carbocycles. The second-order valence-corrected chi connectivity index (χ2v) is 7.47. The third-order valence-electron chi connectivity index (χ3n) is 5.57. The van der Waals surface area contributed by atoms with Gasteiger partial charge in [-0.1, -0.05) is 18.2 Å². The van der Waals surface area contributed by atoms with Gasteiger partial charge in [0.2, 0.25) is 5.76 Å². The van der Waals surface area contributed by atoms with Crippen LogP contribution in [0, 0.1) is 13.8 Å². The summed E-state index contributed by atoms with van der Waals surface area (Å²) < 4.78 is 5.99. The van der Waals surface area contributed by atoms with Crippen molar-refractivity contribution in [3.8, 4) is 5.75 Å². The first-order chi connectivity index (χ1) is 14.5. The highest BCUT2D eigenvalue weighted by Gasteiger charge is 2.44. The lowest BCUT2D eigenvalue weighted by atomic mass is 9.97. The Balaban J connectivity index is 1.85. The summed E-state index contributed by atoms with van der Waals surface area (Å²) in [4.78, 5) is 32.7. The average molecular weight is 398 g/mol. The van der Waals surface area contributed by atoms with Crippen LogP contribution in [0.1, 0.15) is 38.9 Å². The summed E-state index contributed by atoms with van der Waals surface area (Å²) >= 11 is 0. The summed E-state index contributed by atoms with van der Waals surface area (Å²) in [6.07, 6.45) is 1.59. The maximum absolute atomic E-state index is 13.6. The molecule has 1 aliphatic rings. The molecule has 4 aromatic rings. The van der Waals surface area contributed by atoms with Crippen LogP contribution < -0.4 is 10.3 Å². The molecule has 0 saturated carbocycles. The summed E-state index contributed by atoms with van der Waals surface area (Å²) in [6.45, 7) is 3.86. The Morgan fingerprint density at radius 3 is 2.53 bits per heavy atom. The van der Waals surface area contributed by atoms with E-state index in [0.717, 1.165) is 11.1 Å². The fraction of sp³-hybridized carbons (Fsp3) is 0.125. The molecule has 5 rings (SSSR count). The molecular weight excluding hydrogens is 380 g/mol. The van der Waals surface area contributed by atoms with Gasteiger partial charge in [0.25, 0.3) is 5.91 Å². The molecule has 0 bridgehead atoms. The van der Waals surface area contributed by atoms with Gasteiger partial charge in [0.05, 0.1) is 17.0 Å². The van der Waals surface area contributed by atoms with E-state index in [1.165, 1.54) is 4.90 Å². The lowest BCUT2D eigenvalue weighted by Crippen LogP contribution is -2.30. The second-order valence-electron chi connectivity index (χ2n) is 7.47. The van der Waals surface area contributed by atoms with E-state index in [1.54, 1.807) is 60.8 Å². The number of benzene rings is 2. The number of fused-ring (bicyclic) bond motifs is 2. The Bertz CT molecular complexity index is 1380. The monoisotopic (exact) mass is 398 g/mol. The summed E-state index contributed by atoms with van der Waals surface area (Å²) in [7, 11) is 0. The largest absolute Gasteiger partial charge is 0.508 e. The number of carbonyl (C=O) groups is 1. The smallest absolute Gasteiger partial charge is 0.296 e. The number of rotatable bonds is 2. The van der Waals surface area contributed by atoms with Gasteiger partial charge in [0, 0.05) is 6.20 Å². The Morgan fingerprint density at radius 2 is 1.80 bits per heavy atom. The molecule has 6 heteroatoms. The maximum Gasteiger partial charge on any atom is 0.296 e. The third kappa shape index (κ3) is 2.61. The van der Waals surface area contributed by atoms with Crippen molar-refractivity contribution in [2.24, 2.45) is 0 Å². The lowest BCUT2D eigenvalue weighted by molar-refractivity contribution is 0.0970. The van der Waals surface area contributed by atoms with Crippen LogP contribution in [0.25, 0.3) is 11.0 Å². The molecule has 2 aromatic heterocycles. The molecule has 0 fully saturated rings.